The molecule has 1 N–H and O–H groups in total. The maximum Gasteiger partial charge on any atom is 0.295 e. The molecule has 1 amide bonds. The lowest BCUT2D eigenvalue weighted by molar-refractivity contribution is -0.140. The standard InChI is InChI=1S/C27H31ClN2O4/c1-4-18-34-22-14-10-19(11-15-22)24-23(25(31)20-8-12-21(28)13-9-20)26(32)27(33)30(24)17-7-16-29(5-2)6-3/h4,8-15,24,31H,1,5-7,16-18H2,2-3H3/b25-23+/t24-/m0/s1. The summed E-state index contributed by atoms with van der Waals surface area (Å²) in [5.74, 6) is -0.850. The van der Waals surface area contributed by atoms with Gasteiger partial charge in [-0.2, -0.15) is 0 Å². The third kappa shape index (κ3) is 5.69. The van der Waals surface area contributed by atoms with Gasteiger partial charge >= 0.3 is 0 Å². The lowest BCUT2D eigenvalue weighted by atomic mass is 9.95. The van der Waals surface area contributed by atoms with E-state index in [4.69, 9.17) is 16.3 Å². The zero-order valence-corrected chi connectivity index (χ0v) is 20.4. The highest BCUT2D eigenvalue weighted by atomic mass is 35.5. The third-order valence-electron chi connectivity index (χ3n) is 5.99. The van der Waals surface area contributed by atoms with Crippen LogP contribution in [0, 0.1) is 0 Å². The number of hydrogen-bond acceptors (Lipinski definition) is 5. The first-order valence-electron chi connectivity index (χ1n) is 11.5. The fourth-order valence-electron chi connectivity index (χ4n) is 4.13. The number of aliphatic hydroxyl groups excluding tert-OH is 1. The Labute approximate surface area is 206 Å². The minimum Gasteiger partial charge on any atom is -0.507 e. The van der Waals surface area contributed by atoms with Crippen LogP contribution in [0.4, 0.5) is 0 Å². The molecule has 0 saturated carbocycles. The van der Waals surface area contributed by atoms with E-state index in [0.29, 0.717) is 35.9 Å². The molecule has 0 unspecified atom stereocenters. The molecule has 0 bridgehead atoms. The van der Waals surface area contributed by atoms with Gasteiger partial charge in [-0.3, -0.25) is 9.59 Å². The van der Waals surface area contributed by atoms with Crippen LogP contribution in [0.5, 0.6) is 5.75 Å². The summed E-state index contributed by atoms with van der Waals surface area (Å²) in [5.41, 5.74) is 1.24. The van der Waals surface area contributed by atoms with Crippen LogP contribution >= 0.6 is 11.6 Å². The van der Waals surface area contributed by atoms with Crippen LogP contribution < -0.4 is 4.74 Å². The average Bonchev–Trinajstić information content (AvgIpc) is 3.10. The predicted octanol–water partition coefficient (Wildman–Crippen LogP) is 5.06. The molecule has 2 aromatic carbocycles. The second kappa shape index (κ2) is 11.9. The molecule has 0 aliphatic carbocycles. The van der Waals surface area contributed by atoms with Gasteiger partial charge in [-0.25, -0.2) is 0 Å². The van der Waals surface area contributed by atoms with Crippen molar-refractivity contribution in [2.24, 2.45) is 0 Å². The number of ether oxygens (including phenoxy) is 1. The van der Waals surface area contributed by atoms with Gasteiger partial charge in [-0.1, -0.05) is 50.2 Å². The third-order valence-corrected chi connectivity index (χ3v) is 6.24. The molecule has 0 radical (unpaired) electrons. The highest BCUT2D eigenvalue weighted by Crippen LogP contribution is 2.40. The highest BCUT2D eigenvalue weighted by molar-refractivity contribution is 6.46. The summed E-state index contributed by atoms with van der Waals surface area (Å²) in [7, 11) is 0. The number of nitrogens with zero attached hydrogens (tertiary/aromatic N) is 2. The fourth-order valence-corrected chi connectivity index (χ4v) is 4.25. The molecule has 1 aliphatic rings. The number of ketones is 1. The topological polar surface area (TPSA) is 70.1 Å². The zero-order chi connectivity index (χ0) is 24.7. The van der Waals surface area contributed by atoms with Crippen molar-refractivity contribution in [3.05, 3.63) is 82.9 Å². The summed E-state index contributed by atoms with van der Waals surface area (Å²) >= 11 is 5.98. The maximum atomic E-state index is 13.1. The van der Waals surface area contributed by atoms with Gasteiger partial charge in [0.25, 0.3) is 11.7 Å². The van der Waals surface area contributed by atoms with Crippen LogP contribution in [0.25, 0.3) is 5.76 Å². The number of carbonyl (C=O) groups excluding carboxylic acids is 2. The number of benzene rings is 2. The molecule has 1 fully saturated rings. The molecule has 1 heterocycles. The molecule has 1 saturated heterocycles. The molecule has 2 aromatic rings. The first kappa shape index (κ1) is 25.5. The van der Waals surface area contributed by atoms with Crippen molar-refractivity contribution in [2.45, 2.75) is 26.3 Å². The van der Waals surface area contributed by atoms with Crippen molar-refractivity contribution in [3.63, 3.8) is 0 Å². The summed E-state index contributed by atoms with van der Waals surface area (Å²) < 4.78 is 5.57. The zero-order valence-electron chi connectivity index (χ0n) is 19.7. The Balaban J connectivity index is 2.00. The Hall–Kier alpha value is -3.09. The molecule has 1 aliphatic heterocycles. The molecule has 3 rings (SSSR count). The Bertz CT molecular complexity index is 1040. The summed E-state index contributed by atoms with van der Waals surface area (Å²) in [4.78, 5) is 30.0. The Morgan fingerprint density at radius 3 is 2.35 bits per heavy atom. The number of amides is 1. The SMILES string of the molecule is C=CCOc1ccc([C@H]2/C(=C(\O)c3ccc(Cl)cc3)C(=O)C(=O)N2CCCN(CC)CC)cc1. The van der Waals surface area contributed by atoms with Crippen molar-refractivity contribution in [1.82, 2.24) is 9.80 Å². The Morgan fingerprint density at radius 2 is 1.76 bits per heavy atom. The van der Waals surface area contributed by atoms with Crippen LogP contribution in [0.1, 0.15) is 37.4 Å². The van der Waals surface area contributed by atoms with Crippen molar-refractivity contribution < 1.29 is 19.4 Å². The Morgan fingerprint density at radius 1 is 1.12 bits per heavy atom. The van der Waals surface area contributed by atoms with Gasteiger partial charge in [-0.05, 0) is 68.0 Å². The number of aliphatic hydroxyl groups is 1. The van der Waals surface area contributed by atoms with E-state index in [2.05, 4.69) is 25.3 Å². The monoisotopic (exact) mass is 482 g/mol. The second-order valence-corrected chi connectivity index (χ2v) is 8.48. The van der Waals surface area contributed by atoms with Gasteiger partial charge in [0.1, 0.15) is 18.1 Å². The molecule has 34 heavy (non-hydrogen) atoms. The molecule has 7 heteroatoms. The number of Topliss-reactive ketones (excluding diaryl/α,β-unsaturated/α-hetero) is 1. The molecule has 0 spiro atoms. The van der Waals surface area contributed by atoms with Crippen LogP contribution in [0.15, 0.2) is 66.8 Å². The van der Waals surface area contributed by atoms with E-state index in [1.165, 1.54) is 0 Å². The fraction of sp³-hybridized carbons (Fsp3) is 0.333. The maximum absolute atomic E-state index is 13.1. The molecular formula is C27H31ClN2O4. The van der Waals surface area contributed by atoms with Crippen molar-refractivity contribution in [2.75, 3.05) is 32.8 Å². The largest absolute Gasteiger partial charge is 0.507 e. The first-order valence-corrected chi connectivity index (χ1v) is 11.9. The summed E-state index contributed by atoms with van der Waals surface area (Å²) in [6.45, 7) is 11.3. The van der Waals surface area contributed by atoms with Crippen molar-refractivity contribution in [3.8, 4) is 5.75 Å². The number of rotatable bonds is 11. The van der Waals surface area contributed by atoms with Gasteiger partial charge in [-0.15, -0.1) is 0 Å². The van der Waals surface area contributed by atoms with Gasteiger partial charge in [0.15, 0.2) is 0 Å². The lowest BCUT2D eigenvalue weighted by Crippen LogP contribution is -2.33. The molecule has 0 aromatic heterocycles. The molecule has 1 atom stereocenters. The lowest BCUT2D eigenvalue weighted by Gasteiger charge is -2.27. The van der Waals surface area contributed by atoms with E-state index in [1.54, 1.807) is 47.4 Å². The number of halogens is 1. The minimum absolute atomic E-state index is 0.0786. The summed E-state index contributed by atoms with van der Waals surface area (Å²) in [5, 5.41) is 11.6. The van der Waals surface area contributed by atoms with Gasteiger partial charge in [0.05, 0.1) is 11.6 Å². The van der Waals surface area contributed by atoms with Crippen LogP contribution in [-0.2, 0) is 9.59 Å². The quantitative estimate of drug-likeness (QED) is 0.210. The highest BCUT2D eigenvalue weighted by Gasteiger charge is 2.45. The average molecular weight is 483 g/mol. The second-order valence-electron chi connectivity index (χ2n) is 8.05. The van der Waals surface area contributed by atoms with Crippen LogP contribution in [0.2, 0.25) is 5.02 Å². The number of likely N-dealkylation sites (tertiary alicyclic amines) is 1. The van der Waals surface area contributed by atoms with Gasteiger partial charge in [0.2, 0.25) is 0 Å². The van der Waals surface area contributed by atoms with Crippen LogP contribution in [-0.4, -0.2) is 59.4 Å². The van der Waals surface area contributed by atoms with Gasteiger partial charge in [0, 0.05) is 17.1 Å². The molecular weight excluding hydrogens is 452 g/mol. The van der Waals surface area contributed by atoms with Crippen LogP contribution in [0.3, 0.4) is 0 Å². The van der Waals surface area contributed by atoms with E-state index in [-0.39, 0.29) is 11.3 Å². The predicted molar refractivity (Wildman–Crippen MR) is 135 cm³/mol. The molecule has 6 nitrogen and oxygen atoms in total. The van der Waals surface area contributed by atoms with E-state index in [1.807, 2.05) is 12.1 Å². The number of hydrogen-bond donors (Lipinski definition) is 1. The minimum atomic E-state index is -0.694. The van der Waals surface area contributed by atoms with E-state index < -0.39 is 17.7 Å². The van der Waals surface area contributed by atoms with Crippen molar-refractivity contribution >= 4 is 29.1 Å². The van der Waals surface area contributed by atoms with E-state index in [9.17, 15) is 14.7 Å². The first-order chi connectivity index (χ1) is 16.4. The summed E-state index contributed by atoms with van der Waals surface area (Å²) in [6, 6.07) is 13.1. The van der Waals surface area contributed by atoms with E-state index >= 15 is 0 Å². The van der Waals surface area contributed by atoms with Crippen molar-refractivity contribution in [1.29, 1.82) is 0 Å². The summed E-state index contributed by atoms with van der Waals surface area (Å²) in [6.07, 6.45) is 2.37. The Kier molecular flexibility index (Phi) is 8.91. The van der Waals surface area contributed by atoms with Gasteiger partial charge < -0.3 is 19.6 Å². The smallest absolute Gasteiger partial charge is 0.295 e. The normalized spacial score (nSPS) is 17.4. The van der Waals surface area contributed by atoms with E-state index in [0.717, 1.165) is 25.2 Å². The number of carbonyl (C=O) groups is 2. The molecule has 180 valence electrons.